The summed E-state index contributed by atoms with van der Waals surface area (Å²) < 4.78 is 0. The maximum Gasteiger partial charge on any atom is 0.261 e. The van der Waals surface area contributed by atoms with Gasteiger partial charge in [0, 0.05) is 12.6 Å². The standard InChI is InChI=1S/C17H20N2O3/c1-11-8-9-18-16(21)15(11)17(22)19-12(2)14(20)10-13-6-4-3-5-7-13/h3-9,12,14,20H,10H2,1-2H3,(H,18,21)(H,19,22). The second-order valence-corrected chi connectivity index (χ2v) is 5.38. The van der Waals surface area contributed by atoms with Gasteiger partial charge in [0.25, 0.3) is 11.5 Å². The molecule has 1 aromatic heterocycles. The number of carbonyl (C=O) groups excluding carboxylic acids is 1. The summed E-state index contributed by atoms with van der Waals surface area (Å²) in [4.78, 5) is 26.4. The SMILES string of the molecule is Cc1cc[nH]c(=O)c1C(=O)NC(C)C(O)Cc1ccccc1. The predicted molar refractivity (Wildman–Crippen MR) is 84.9 cm³/mol. The van der Waals surface area contributed by atoms with E-state index in [9.17, 15) is 14.7 Å². The molecule has 0 saturated heterocycles. The second kappa shape index (κ2) is 7.04. The largest absolute Gasteiger partial charge is 0.391 e. The number of hydrogen-bond donors (Lipinski definition) is 3. The first-order valence-corrected chi connectivity index (χ1v) is 7.20. The number of aromatic amines is 1. The average Bonchev–Trinajstić information content (AvgIpc) is 2.48. The van der Waals surface area contributed by atoms with E-state index in [0.717, 1.165) is 5.56 Å². The van der Waals surface area contributed by atoms with Gasteiger partial charge in [-0.1, -0.05) is 30.3 Å². The van der Waals surface area contributed by atoms with E-state index in [-0.39, 0.29) is 5.56 Å². The zero-order valence-electron chi connectivity index (χ0n) is 12.7. The first kappa shape index (κ1) is 16.0. The van der Waals surface area contributed by atoms with Crippen LogP contribution in [-0.4, -0.2) is 28.1 Å². The Hall–Kier alpha value is -2.40. The average molecular weight is 300 g/mol. The highest BCUT2D eigenvalue weighted by atomic mass is 16.3. The smallest absolute Gasteiger partial charge is 0.261 e. The third kappa shape index (κ3) is 3.83. The second-order valence-electron chi connectivity index (χ2n) is 5.38. The number of aromatic nitrogens is 1. The number of aryl methyl sites for hydroxylation is 1. The van der Waals surface area contributed by atoms with Crippen LogP contribution in [0.4, 0.5) is 0 Å². The van der Waals surface area contributed by atoms with E-state index in [1.54, 1.807) is 19.9 Å². The van der Waals surface area contributed by atoms with Crippen molar-refractivity contribution in [1.82, 2.24) is 10.3 Å². The Labute approximate surface area is 129 Å². The van der Waals surface area contributed by atoms with Crippen molar-refractivity contribution in [1.29, 1.82) is 0 Å². The van der Waals surface area contributed by atoms with Gasteiger partial charge in [-0.3, -0.25) is 9.59 Å². The van der Waals surface area contributed by atoms with Crippen LogP contribution in [0.15, 0.2) is 47.4 Å². The molecule has 22 heavy (non-hydrogen) atoms. The molecule has 3 N–H and O–H groups in total. The monoisotopic (exact) mass is 300 g/mol. The van der Waals surface area contributed by atoms with Gasteiger partial charge in [-0.2, -0.15) is 0 Å². The van der Waals surface area contributed by atoms with Gasteiger partial charge < -0.3 is 15.4 Å². The first-order valence-electron chi connectivity index (χ1n) is 7.20. The topological polar surface area (TPSA) is 82.2 Å². The maximum atomic E-state index is 12.2. The molecule has 0 aliphatic heterocycles. The van der Waals surface area contributed by atoms with Crippen molar-refractivity contribution in [2.75, 3.05) is 0 Å². The molecule has 0 aliphatic rings. The van der Waals surface area contributed by atoms with Crippen molar-refractivity contribution in [3.05, 3.63) is 69.6 Å². The van der Waals surface area contributed by atoms with Crippen molar-refractivity contribution in [2.24, 2.45) is 0 Å². The quantitative estimate of drug-likeness (QED) is 0.780. The molecule has 0 aliphatic carbocycles. The molecule has 0 spiro atoms. The van der Waals surface area contributed by atoms with Crippen molar-refractivity contribution in [2.45, 2.75) is 32.4 Å². The van der Waals surface area contributed by atoms with Gasteiger partial charge in [0.2, 0.25) is 0 Å². The van der Waals surface area contributed by atoms with Gasteiger partial charge in [0.15, 0.2) is 0 Å². The lowest BCUT2D eigenvalue weighted by Crippen LogP contribution is -2.43. The molecule has 2 atom stereocenters. The van der Waals surface area contributed by atoms with E-state index in [1.807, 2.05) is 30.3 Å². The fraction of sp³-hybridized carbons (Fsp3) is 0.294. The zero-order valence-corrected chi connectivity index (χ0v) is 12.7. The van der Waals surface area contributed by atoms with E-state index in [1.165, 1.54) is 6.20 Å². The van der Waals surface area contributed by atoms with E-state index in [2.05, 4.69) is 10.3 Å². The van der Waals surface area contributed by atoms with Gasteiger partial charge in [-0.05, 0) is 31.0 Å². The Bertz CT molecular complexity index is 695. The lowest BCUT2D eigenvalue weighted by molar-refractivity contribution is 0.0849. The van der Waals surface area contributed by atoms with Crippen molar-refractivity contribution < 1.29 is 9.90 Å². The Morgan fingerprint density at radius 1 is 1.27 bits per heavy atom. The summed E-state index contributed by atoms with van der Waals surface area (Å²) in [6.45, 7) is 3.42. The number of carbonyl (C=O) groups is 1. The Morgan fingerprint density at radius 3 is 2.59 bits per heavy atom. The molecule has 0 saturated carbocycles. The number of H-pyrrole nitrogens is 1. The highest BCUT2D eigenvalue weighted by molar-refractivity contribution is 5.95. The lowest BCUT2D eigenvalue weighted by atomic mass is 10.0. The zero-order chi connectivity index (χ0) is 16.1. The number of pyridine rings is 1. The van der Waals surface area contributed by atoms with E-state index < -0.39 is 23.6 Å². The molecule has 116 valence electrons. The number of aliphatic hydroxyl groups is 1. The molecular weight excluding hydrogens is 280 g/mol. The van der Waals surface area contributed by atoms with Gasteiger partial charge in [0.1, 0.15) is 5.56 Å². The molecule has 1 heterocycles. The number of aliphatic hydroxyl groups excluding tert-OH is 1. The van der Waals surface area contributed by atoms with Crippen LogP contribution in [0.3, 0.4) is 0 Å². The summed E-state index contributed by atoms with van der Waals surface area (Å²) in [5.41, 5.74) is 1.25. The molecule has 5 nitrogen and oxygen atoms in total. The summed E-state index contributed by atoms with van der Waals surface area (Å²) in [5, 5.41) is 12.9. The molecular formula is C17H20N2O3. The molecule has 2 unspecified atom stereocenters. The lowest BCUT2D eigenvalue weighted by Gasteiger charge is -2.20. The maximum absolute atomic E-state index is 12.2. The van der Waals surface area contributed by atoms with Crippen LogP contribution in [0.1, 0.15) is 28.4 Å². The van der Waals surface area contributed by atoms with Crippen molar-refractivity contribution in [3.63, 3.8) is 0 Å². The van der Waals surface area contributed by atoms with Gasteiger partial charge in [0.05, 0.1) is 12.1 Å². The predicted octanol–water partition coefficient (Wildman–Crippen LogP) is 1.41. The van der Waals surface area contributed by atoms with Crippen molar-refractivity contribution >= 4 is 5.91 Å². The summed E-state index contributed by atoms with van der Waals surface area (Å²) in [7, 11) is 0. The fourth-order valence-electron chi connectivity index (χ4n) is 2.27. The first-order chi connectivity index (χ1) is 10.5. The number of benzene rings is 1. The highest BCUT2D eigenvalue weighted by Crippen LogP contribution is 2.07. The normalized spacial score (nSPS) is 13.4. The number of hydrogen-bond acceptors (Lipinski definition) is 3. The summed E-state index contributed by atoms with van der Waals surface area (Å²) in [5.74, 6) is -0.473. The Morgan fingerprint density at radius 2 is 1.95 bits per heavy atom. The third-order valence-electron chi connectivity index (χ3n) is 3.62. The summed E-state index contributed by atoms with van der Waals surface area (Å²) in [6.07, 6.45) is 1.21. The van der Waals surface area contributed by atoms with Crippen LogP contribution in [0.25, 0.3) is 0 Å². The summed E-state index contributed by atoms with van der Waals surface area (Å²) in [6, 6.07) is 10.8. The molecule has 2 rings (SSSR count). The van der Waals surface area contributed by atoms with E-state index >= 15 is 0 Å². The minimum atomic E-state index is -0.727. The highest BCUT2D eigenvalue weighted by Gasteiger charge is 2.20. The van der Waals surface area contributed by atoms with E-state index in [0.29, 0.717) is 12.0 Å². The molecule has 0 radical (unpaired) electrons. The number of nitrogens with one attached hydrogen (secondary N) is 2. The number of amides is 1. The van der Waals surface area contributed by atoms with Crippen LogP contribution in [0.5, 0.6) is 0 Å². The van der Waals surface area contributed by atoms with Gasteiger partial charge in [-0.25, -0.2) is 0 Å². The molecule has 5 heteroatoms. The van der Waals surface area contributed by atoms with Gasteiger partial charge >= 0.3 is 0 Å². The Balaban J connectivity index is 2.03. The molecule has 1 amide bonds. The minimum Gasteiger partial charge on any atom is -0.391 e. The van der Waals surface area contributed by atoms with Crippen LogP contribution in [-0.2, 0) is 6.42 Å². The van der Waals surface area contributed by atoms with Crippen LogP contribution in [0, 0.1) is 6.92 Å². The van der Waals surface area contributed by atoms with E-state index in [4.69, 9.17) is 0 Å². The number of rotatable bonds is 5. The molecule has 0 bridgehead atoms. The third-order valence-corrected chi connectivity index (χ3v) is 3.62. The van der Waals surface area contributed by atoms with Gasteiger partial charge in [-0.15, -0.1) is 0 Å². The molecule has 2 aromatic rings. The molecule has 0 fully saturated rings. The van der Waals surface area contributed by atoms with Crippen LogP contribution >= 0.6 is 0 Å². The fourth-order valence-corrected chi connectivity index (χ4v) is 2.27. The van der Waals surface area contributed by atoms with Crippen LogP contribution in [0.2, 0.25) is 0 Å². The minimum absolute atomic E-state index is 0.0845. The van der Waals surface area contributed by atoms with Crippen LogP contribution < -0.4 is 10.9 Å². The van der Waals surface area contributed by atoms with Crippen molar-refractivity contribution in [3.8, 4) is 0 Å². The summed E-state index contributed by atoms with van der Waals surface area (Å²) >= 11 is 0. The Kier molecular flexibility index (Phi) is 5.12. The molecule has 1 aromatic carbocycles.